The van der Waals surface area contributed by atoms with E-state index < -0.39 is 6.10 Å². The fourth-order valence-electron chi connectivity index (χ4n) is 3.69. The molecule has 1 atom stereocenters. The first-order valence-corrected chi connectivity index (χ1v) is 7.84. The number of hydrogen-bond donors (Lipinski definition) is 1. The van der Waals surface area contributed by atoms with E-state index >= 15 is 0 Å². The first-order valence-electron chi connectivity index (χ1n) is 7.84. The minimum Gasteiger partial charge on any atom is -0.386 e. The van der Waals surface area contributed by atoms with Gasteiger partial charge in [-0.1, -0.05) is 37.5 Å². The molecule has 0 spiro atoms. The molecule has 1 unspecified atom stereocenters. The van der Waals surface area contributed by atoms with Crippen molar-refractivity contribution in [1.82, 2.24) is 9.88 Å². The molecule has 1 aliphatic carbocycles. The van der Waals surface area contributed by atoms with Gasteiger partial charge in [-0.05, 0) is 44.6 Å². The zero-order valence-corrected chi connectivity index (χ0v) is 12.9. The van der Waals surface area contributed by atoms with Crippen molar-refractivity contribution in [2.45, 2.75) is 43.7 Å². The SMILES string of the molecule is CN(C)C1(C(O)c2ccc3cccnc3c2)CCCCC1. The van der Waals surface area contributed by atoms with E-state index in [4.69, 9.17) is 0 Å². The fourth-order valence-corrected chi connectivity index (χ4v) is 3.69. The molecular weight excluding hydrogens is 260 g/mol. The Kier molecular flexibility index (Phi) is 3.96. The van der Waals surface area contributed by atoms with Gasteiger partial charge in [-0.2, -0.15) is 0 Å². The highest BCUT2D eigenvalue weighted by Crippen LogP contribution is 2.42. The van der Waals surface area contributed by atoms with Crippen LogP contribution in [0.3, 0.4) is 0 Å². The van der Waals surface area contributed by atoms with Crippen LogP contribution >= 0.6 is 0 Å². The van der Waals surface area contributed by atoms with Gasteiger partial charge in [0.05, 0.1) is 17.2 Å². The Morgan fingerprint density at radius 3 is 2.62 bits per heavy atom. The van der Waals surface area contributed by atoms with Crippen LogP contribution in [0.5, 0.6) is 0 Å². The molecule has 0 bridgehead atoms. The first-order chi connectivity index (χ1) is 10.1. The average molecular weight is 284 g/mol. The van der Waals surface area contributed by atoms with Crippen LogP contribution < -0.4 is 0 Å². The number of fused-ring (bicyclic) bond motifs is 1. The Bertz CT molecular complexity index is 617. The summed E-state index contributed by atoms with van der Waals surface area (Å²) in [7, 11) is 4.18. The summed E-state index contributed by atoms with van der Waals surface area (Å²) < 4.78 is 0. The van der Waals surface area contributed by atoms with E-state index in [0.29, 0.717) is 0 Å². The Morgan fingerprint density at radius 2 is 1.90 bits per heavy atom. The molecule has 0 saturated heterocycles. The van der Waals surface area contributed by atoms with Gasteiger partial charge in [0, 0.05) is 11.6 Å². The van der Waals surface area contributed by atoms with Crippen LogP contribution in [0.4, 0.5) is 0 Å². The van der Waals surface area contributed by atoms with Crippen molar-refractivity contribution >= 4 is 10.9 Å². The second-order valence-electron chi connectivity index (χ2n) is 6.42. The van der Waals surface area contributed by atoms with E-state index in [9.17, 15) is 5.11 Å². The van der Waals surface area contributed by atoms with Crippen LogP contribution in [0.2, 0.25) is 0 Å². The molecule has 3 nitrogen and oxygen atoms in total. The van der Waals surface area contributed by atoms with Crippen molar-refractivity contribution < 1.29 is 5.11 Å². The topological polar surface area (TPSA) is 36.4 Å². The van der Waals surface area contributed by atoms with E-state index in [2.05, 4.69) is 42.2 Å². The second-order valence-corrected chi connectivity index (χ2v) is 6.42. The van der Waals surface area contributed by atoms with Crippen molar-refractivity contribution in [3.8, 4) is 0 Å². The number of aliphatic hydroxyl groups is 1. The third-order valence-electron chi connectivity index (χ3n) is 5.06. The molecule has 1 saturated carbocycles. The smallest absolute Gasteiger partial charge is 0.0974 e. The summed E-state index contributed by atoms with van der Waals surface area (Å²) in [4.78, 5) is 6.63. The molecule has 1 aromatic carbocycles. The predicted molar refractivity (Wildman–Crippen MR) is 86.2 cm³/mol. The molecule has 0 aliphatic heterocycles. The first kappa shape index (κ1) is 14.5. The number of hydrogen-bond acceptors (Lipinski definition) is 3. The van der Waals surface area contributed by atoms with Gasteiger partial charge in [-0.3, -0.25) is 4.98 Å². The summed E-state index contributed by atoms with van der Waals surface area (Å²) in [6.45, 7) is 0. The number of benzene rings is 1. The molecule has 1 heterocycles. The largest absolute Gasteiger partial charge is 0.386 e. The molecule has 2 aromatic rings. The zero-order valence-electron chi connectivity index (χ0n) is 12.9. The van der Waals surface area contributed by atoms with Crippen molar-refractivity contribution in [3.05, 3.63) is 42.1 Å². The summed E-state index contributed by atoms with van der Waals surface area (Å²) in [5, 5.41) is 12.2. The highest BCUT2D eigenvalue weighted by Gasteiger charge is 2.41. The highest BCUT2D eigenvalue weighted by molar-refractivity contribution is 5.79. The van der Waals surface area contributed by atoms with E-state index in [1.807, 2.05) is 12.1 Å². The number of rotatable bonds is 3. The molecule has 0 amide bonds. The van der Waals surface area contributed by atoms with Crippen molar-refractivity contribution in [2.75, 3.05) is 14.1 Å². The standard InChI is InChI=1S/C18H24N2O/c1-20(2)18(10-4-3-5-11-18)17(21)15-9-8-14-7-6-12-19-16(14)13-15/h6-9,12-13,17,21H,3-5,10-11H2,1-2H3. The molecule has 0 radical (unpaired) electrons. The third-order valence-corrected chi connectivity index (χ3v) is 5.06. The van der Waals surface area contributed by atoms with Gasteiger partial charge >= 0.3 is 0 Å². The minimum absolute atomic E-state index is 0.138. The van der Waals surface area contributed by atoms with Gasteiger partial charge < -0.3 is 10.0 Å². The molecule has 1 fully saturated rings. The molecule has 1 aromatic heterocycles. The quantitative estimate of drug-likeness (QED) is 0.936. The lowest BCUT2D eigenvalue weighted by atomic mass is 9.74. The zero-order chi connectivity index (χ0) is 14.9. The summed E-state index contributed by atoms with van der Waals surface area (Å²) >= 11 is 0. The van der Waals surface area contributed by atoms with Gasteiger partial charge in [0.2, 0.25) is 0 Å². The van der Waals surface area contributed by atoms with Crippen LogP contribution in [0.15, 0.2) is 36.5 Å². The van der Waals surface area contributed by atoms with Crippen molar-refractivity contribution in [1.29, 1.82) is 0 Å². The molecular formula is C18H24N2O. The summed E-state index contributed by atoms with van der Waals surface area (Å²) in [5.74, 6) is 0. The van der Waals surface area contributed by atoms with Gasteiger partial charge in [0.15, 0.2) is 0 Å². The minimum atomic E-state index is -0.459. The third kappa shape index (κ3) is 2.56. The summed E-state index contributed by atoms with van der Waals surface area (Å²) in [5.41, 5.74) is 1.80. The van der Waals surface area contributed by atoms with Crippen LogP contribution in [-0.2, 0) is 0 Å². The Labute approximate surface area is 126 Å². The summed E-state index contributed by atoms with van der Waals surface area (Å²) in [6, 6.07) is 10.2. The van der Waals surface area contributed by atoms with Gasteiger partial charge in [-0.25, -0.2) is 0 Å². The van der Waals surface area contributed by atoms with Gasteiger partial charge in [0.1, 0.15) is 0 Å². The molecule has 3 heteroatoms. The van der Waals surface area contributed by atoms with E-state index in [1.54, 1.807) is 6.20 Å². The molecule has 1 N–H and O–H groups in total. The fraction of sp³-hybridized carbons (Fsp3) is 0.500. The number of aliphatic hydroxyl groups excluding tert-OH is 1. The number of aromatic nitrogens is 1. The molecule has 1 aliphatic rings. The molecule has 21 heavy (non-hydrogen) atoms. The predicted octanol–water partition coefficient (Wildman–Crippen LogP) is 3.53. The number of pyridine rings is 1. The monoisotopic (exact) mass is 284 g/mol. The maximum absolute atomic E-state index is 11.1. The Balaban J connectivity index is 1.99. The van der Waals surface area contributed by atoms with Crippen LogP contribution in [0, 0.1) is 0 Å². The number of likely N-dealkylation sites (N-methyl/N-ethyl adjacent to an activating group) is 1. The lowest BCUT2D eigenvalue weighted by molar-refractivity contribution is -0.0335. The molecule has 112 valence electrons. The number of nitrogens with zero attached hydrogens (tertiary/aromatic N) is 2. The lowest BCUT2D eigenvalue weighted by Crippen LogP contribution is -2.50. The highest BCUT2D eigenvalue weighted by atomic mass is 16.3. The van der Waals surface area contributed by atoms with E-state index in [0.717, 1.165) is 29.3 Å². The van der Waals surface area contributed by atoms with Gasteiger partial charge in [0.25, 0.3) is 0 Å². The van der Waals surface area contributed by atoms with E-state index in [1.165, 1.54) is 19.3 Å². The second kappa shape index (κ2) is 5.74. The summed E-state index contributed by atoms with van der Waals surface area (Å²) in [6.07, 6.45) is 7.13. The van der Waals surface area contributed by atoms with Crippen LogP contribution in [0.25, 0.3) is 10.9 Å². The van der Waals surface area contributed by atoms with Crippen molar-refractivity contribution in [2.24, 2.45) is 0 Å². The van der Waals surface area contributed by atoms with Crippen LogP contribution in [-0.4, -0.2) is 34.6 Å². The van der Waals surface area contributed by atoms with Crippen molar-refractivity contribution in [3.63, 3.8) is 0 Å². The average Bonchev–Trinajstić information content (AvgIpc) is 2.54. The van der Waals surface area contributed by atoms with Gasteiger partial charge in [-0.15, -0.1) is 0 Å². The molecule has 3 rings (SSSR count). The van der Waals surface area contributed by atoms with Crippen LogP contribution in [0.1, 0.15) is 43.8 Å². The maximum Gasteiger partial charge on any atom is 0.0974 e. The normalized spacial score (nSPS) is 19.8. The lowest BCUT2D eigenvalue weighted by Gasteiger charge is -2.46. The Hall–Kier alpha value is -1.45. The Morgan fingerprint density at radius 1 is 1.14 bits per heavy atom. The maximum atomic E-state index is 11.1. The van der Waals surface area contributed by atoms with E-state index in [-0.39, 0.29) is 5.54 Å².